The van der Waals surface area contributed by atoms with Gasteiger partial charge in [0.05, 0.1) is 18.4 Å². The number of ether oxygens (including phenoxy) is 1. The predicted octanol–water partition coefficient (Wildman–Crippen LogP) is 0.479. The molecule has 21 heavy (non-hydrogen) atoms. The van der Waals surface area contributed by atoms with Gasteiger partial charge in [-0.05, 0) is 19.8 Å². The molecule has 0 bridgehead atoms. The summed E-state index contributed by atoms with van der Waals surface area (Å²) in [5.41, 5.74) is 0. The Labute approximate surface area is 124 Å². The molecule has 0 unspecified atom stereocenters. The third kappa shape index (κ3) is 3.50. The van der Waals surface area contributed by atoms with Gasteiger partial charge in [-0.3, -0.25) is 19.3 Å². The zero-order valence-corrected chi connectivity index (χ0v) is 12.5. The van der Waals surface area contributed by atoms with Crippen LogP contribution in [-0.4, -0.2) is 48.9 Å². The molecule has 0 aromatic rings. The van der Waals surface area contributed by atoms with Gasteiger partial charge in [-0.25, -0.2) is 0 Å². The average Bonchev–Trinajstić information content (AvgIpc) is 2.70. The Morgan fingerprint density at radius 2 is 1.90 bits per heavy atom. The van der Waals surface area contributed by atoms with Crippen LogP contribution in [0.5, 0.6) is 0 Å². The number of nitrogens with one attached hydrogen (secondary N) is 1. The van der Waals surface area contributed by atoms with Crippen molar-refractivity contribution in [2.24, 2.45) is 11.8 Å². The highest BCUT2D eigenvalue weighted by Crippen LogP contribution is 2.34. The molecule has 3 amide bonds. The first-order valence-electron chi connectivity index (χ1n) is 7.33. The molecule has 1 saturated heterocycles. The molecule has 6 nitrogen and oxygen atoms in total. The zero-order valence-electron chi connectivity index (χ0n) is 12.5. The number of imide groups is 1. The lowest BCUT2D eigenvalue weighted by Crippen LogP contribution is -2.39. The third-order valence-electron chi connectivity index (χ3n) is 3.99. The summed E-state index contributed by atoms with van der Waals surface area (Å²) >= 11 is 0. The smallest absolute Gasteiger partial charge is 0.233 e. The Morgan fingerprint density at radius 3 is 2.43 bits per heavy atom. The fourth-order valence-corrected chi connectivity index (χ4v) is 2.94. The van der Waals surface area contributed by atoms with Crippen molar-refractivity contribution in [3.05, 3.63) is 12.2 Å². The van der Waals surface area contributed by atoms with Crippen LogP contribution in [-0.2, 0) is 19.1 Å². The quantitative estimate of drug-likeness (QED) is 0.571. The van der Waals surface area contributed by atoms with E-state index in [0.29, 0.717) is 19.4 Å². The highest BCUT2D eigenvalue weighted by atomic mass is 16.5. The van der Waals surface area contributed by atoms with Gasteiger partial charge in [-0.2, -0.15) is 0 Å². The summed E-state index contributed by atoms with van der Waals surface area (Å²) < 4.78 is 4.94. The van der Waals surface area contributed by atoms with Crippen molar-refractivity contribution in [3.8, 4) is 0 Å². The molecule has 0 saturated carbocycles. The topological polar surface area (TPSA) is 75.7 Å². The molecule has 1 N–H and O–H groups in total. The monoisotopic (exact) mass is 294 g/mol. The summed E-state index contributed by atoms with van der Waals surface area (Å²) in [6.45, 7) is 2.44. The minimum absolute atomic E-state index is 0.0840. The Hall–Kier alpha value is -1.69. The SMILES string of the molecule is COC[C@H](C)NC(=O)CCN1C(=O)[C@H]2CC=CC[C@H]2C1=O. The van der Waals surface area contributed by atoms with E-state index in [-0.39, 0.29) is 48.6 Å². The lowest BCUT2D eigenvalue weighted by Gasteiger charge is -2.16. The number of fused-ring (bicyclic) bond motifs is 1. The van der Waals surface area contributed by atoms with Gasteiger partial charge in [0.25, 0.3) is 0 Å². The van der Waals surface area contributed by atoms with Gasteiger partial charge in [0, 0.05) is 26.1 Å². The van der Waals surface area contributed by atoms with E-state index < -0.39 is 0 Å². The Morgan fingerprint density at radius 1 is 1.33 bits per heavy atom. The minimum atomic E-state index is -0.224. The van der Waals surface area contributed by atoms with Gasteiger partial charge in [0.2, 0.25) is 17.7 Å². The number of nitrogens with zero attached hydrogens (tertiary/aromatic N) is 1. The fraction of sp³-hybridized carbons (Fsp3) is 0.667. The molecular formula is C15H22N2O4. The van der Waals surface area contributed by atoms with E-state index in [0.717, 1.165) is 0 Å². The molecule has 1 fully saturated rings. The molecule has 2 aliphatic rings. The number of rotatable bonds is 6. The number of likely N-dealkylation sites (tertiary alicyclic amines) is 1. The maximum Gasteiger partial charge on any atom is 0.233 e. The van der Waals surface area contributed by atoms with Crippen LogP contribution >= 0.6 is 0 Å². The number of methoxy groups -OCH3 is 1. The molecule has 6 heteroatoms. The lowest BCUT2D eigenvalue weighted by atomic mass is 9.85. The molecule has 0 spiro atoms. The summed E-state index contributed by atoms with van der Waals surface area (Å²) in [7, 11) is 1.57. The molecule has 3 atom stereocenters. The largest absolute Gasteiger partial charge is 0.383 e. The van der Waals surface area contributed by atoms with Crippen molar-refractivity contribution in [1.29, 1.82) is 0 Å². The number of carbonyl (C=O) groups excluding carboxylic acids is 3. The van der Waals surface area contributed by atoms with Crippen molar-refractivity contribution < 1.29 is 19.1 Å². The second kappa shape index (κ2) is 6.85. The standard InChI is InChI=1S/C15H22N2O4/c1-10(9-21-2)16-13(18)7-8-17-14(19)11-5-3-4-6-12(11)15(17)20/h3-4,10-12H,5-9H2,1-2H3,(H,16,18)/t10-,11-,12+/m0/s1. The highest BCUT2D eigenvalue weighted by Gasteiger charge is 2.46. The van der Waals surface area contributed by atoms with Crippen LogP contribution in [0.15, 0.2) is 12.2 Å². The van der Waals surface area contributed by atoms with E-state index in [1.165, 1.54) is 4.90 Å². The van der Waals surface area contributed by atoms with Crippen LogP contribution in [0.4, 0.5) is 0 Å². The van der Waals surface area contributed by atoms with Crippen LogP contribution < -0.4 is 5.32 Å². The summed E-state index contributed by atoms with van der Waals surface area (Å²) in [6.07, 6.45) is 5.30. The molecule has 2 rings (SSSR count). The molecule has 0 radical (unpaired) electrons. The van der Waals surface area contributed by atoms with Crippen molar-refractivity contribution in [2.45, 2.75) is 32.2 Å². The Bertz CT molecular complexity index is 435. The summed E-state index contributed by atoms with van der Waals surface area (Å²) in [5, 5.41) is 2.77. The third-order valence-corrected chi connectivity index (χ3v) is 3.99. The first kappa shape index (κ1) is 15.7. The Kier molecular flexibility index (Phi) is 5.12. The normalized spacial score (nSPS) is 25.9. The average molecular weight is 294 g/mol. The van der Waals surface area contributed by atoms with Gasteiger partial charge in [-0.1, -0.05) is 12.2 Å². The highest BCUT2D eigenvalue weighted by molar-refractivity contribution is 6.05. The van der Waals surface area contributed by atoms with E-state index in [2.05, 4.69) is 5.32 Å². The van der Waals surface area contributed by atoms with E-state index in [1.807, 2.05) is 19.1 Å². The zero-order chi connectivity index (χ0) is 15.4. The number of carbonyl (C=O) groups is 3. The van der Waals surface area contributed by atoms with Crippen LogP contribution in [0, 0.1) is 11.8 Å². The maximum atomic E-state index is 12.2. The molecule has 0 aromatic carbocycles. The van der Waals surface area contributed by atoms with E-state index >= 15 is 0 Å². The van der Waals surface area contributed by atoms with Gasteiger partial charge < -0.3 is 10.1 Å². The molecule has 0 aromatic heterocycles. The summed E-state index contributed by atoms with van der Waals surface area (Å²) in [5.74, 6) is -0.886. The van der Waals surface area contributed by atoms with Gasteiger partial charge in [-0.15, -0.1) is 0 Å². The summed E-state index contributed by atoms with van der Waals surface area (Å²) in [6, 6.07) is -0.0840. The maximum absolute atomic E-state index is 12.2. The molecule has 116 valence electrons. The summed E-state index contributed by atoms with van der Waals surface area (Å²) in [4.78, 5) is 37.5. The molecule has 1 heterocycles. The van der Waals surface area contributed by atoms with Gasteiger partial charge in [0.1, 0.15) is 0 Å². The second-order valence-corrected chi connectivity index (χ2v) is 5.66. The minimum Gasteiger partial charge on any atom is -0.383 e. The number of allylic oxidation sites excluding steroid dienone is 2. The van der Waals surface area contributed by atoms with Crippen LogP contribution in [0.2, 0.25) is 0 Å². The van der Waals surface area contributed by atoms with Crippen LogP contribution in [0.3, 0.4) is 0 Å². The van der Waals surface area contributed by atoms with Crippen molar-refractivity contribution in [3.63, 3.8) is 0 Å². The van der Waals surface area contributed by atoms with Crippen LogP contribution in [0.1, 0.15) is 26.2 Å². The first-order valence-corrected chi connectivity index (χ1v) is 7.33. The number of amides is 3. The van der Waals surface area contributed by atoms with Gasteiger partial charge >= 0.3 is 0 Å². The van der Waals surface area contributed by atoms with Crippen molar-refractivity contribution in [1.82, 2.24) is 10.2 Å². The van der Waals surface area contributed by atoms with E-state index in [4.69, 9.17) is 4.74 Å². The first-order chi connectivity index (χ1) is 10.0. The van der Waals surface area contributed by atoms with Crippen molar-refractivity contribution in [2.75, 3.05) is 20.3 Å². The predicted molar refractivity (Wildman–Crippen MR) is 76.2 cm³/mol. The number of hydrogen-bond donors (Lipinski definition) is 1. The number of hydrogen-bond acceptors (Lipinski definition) is 4. The Balaban J connectivity index is 1.85. The van der Waals surface area contributed by atoms with E-state index in [1.54, 1.807) is 7.11 Å². The van der Waals surface area contributed by atoms with E-state index in [9.17, 15) is 14.4 Å². The molecule has 1 aliphatic carbocycles. The van der Waals surface area contributed by atoms with Gasteiger partial charge in [0.15, 0.2) is 0 Å². The second-order valence-electron chi connectivity index (χ2n) is 5.66. The van der Waals surface area contributed by atoms with Crippen molar-refractivity contribution >= 4 is 17.7 Å². The van der Waals surface area contributed by atoms with Crippen LogP contribution in [0.25, 0.3) is 0 Å². The fourth-order valence-electron chi connectivity index (χ4n) is 2.94. The molecular weight excluding hydrogens is 272 g/mol. The lowest BCUT2D eigenvalue weighted by molar-refractivity contribution is -0.140. The molecule has 1 aliphatic heterocycles.